The number of aromatic amines is 1. The Morgan fingerprint density at radius 1 is 1.03 bits per heavy atom. The van der Waals surface area contributed by atoms with Crippen LogP contribution < -0.4 is 5.32 Å². The smallest absolute Gasteiger partial charge is 0.0705 e. The number of aromatic nitrogens is 2. The molecule has 1 aliphatic heterocycles. The molecule has 0 bridgehead atoms. The highest BCUT2D eigenvalue weighted by molar-refractivity contribution is 5.95. The van der Waals surface area contributed by atoms with E-state index in [1.807, 2.05) is 12.3 Å². The largest absolute Gasteiger partial charge is 0.354 e. The number of fused-ring (bicyclic) bond motifs is 2. The summed E-state index contributed by atoms with van der Waals surface area (Å²) in [7, 11) is 0. The minimum absolute atomic E-state index is 0.450. The first-order valence-electron chi connectivity index (χ1n) is 10.8. The summed E-state index contributed by atoms with van der Waals surface area (Å²) >= 11 is 0. The van der Waals surface area contributed by atoms with E-state index in [2.05, 4.69) is 72.5 Å². The van der Waals surface area contributed by atoms with Gasteiger partial charge in [-0.15, -0.1) is 0 Å². The maximum Gasteiger partial charge on any atom is 0.0705 e. The number of benzene rings is 2. The summed E-state index contributed by atoms with van der Waals surface area (Å²) in [6, 6.07) is 15.8. The van der Waals surface area contributed by atoms with Crippen LogP contribution >= 0.6 is 0 Å². The lowest BCUT2D eigenvalue weighted by Gasteiger charge is -2.23. The number of piperidine rings is 1. The third kappa shape index (κ3) is 3.24. The molecule has 1 saturated heterocycles. The van der Waals surface area contributed by atoms with Gasteiger partial charge in [0, 0.05) is 28.0 Å². The Bertz CT molecular complexity index is 1180. The van der Waals surface area contributed by atoms with Gasteiger partial charge in [-0.1, -0.05) is 26.0 Å². The van der Waals surface area contributed by atoms with Gasteiger partial charge in [-0.2, -0.15) is 0 Å². The molecule has 0 unspecified atom stereocenters. The van der Waals surface area contributed by atoms with E-state index in [0.29, 0.717) is 11.8 Å². The van der Waals surface area contributed by atoms with E-state index in [9.17, 15) is 0 Å². The number of nitrogens with one attached hydrogen (secondary N) is 2. The SMILES string of the molecule is Cc1cc2ncccc2cc1-c1[nH]c2ccc(C3CCNCC3)cc2c1C(C)C. The molecule has 0 amide bonds. The Balaban J connectivity index is 1.69. The van der Waals surface area contributed by atoms with E-state index < -0.39 is 0 Å². The average Bonchev–Trinajstić information content (AvgIpc) is 3.12. The molecule has 0 saturated carbocycles. The fourth-order valence-corrected chi connectivity index (χ4v) is 4.95. The lowest BCUT2D eigenvalue weighted by Crippen LogP contribution is -2.26. The van der Waals surface area contributed by atoms with E-state index in [1.165, 1.54) is 57.1 Å². The van der Waals surface area contributed by atoms with Crippen LogP contribution in [0.4, 0.5) is 0 Å². The summed E-state index contributed by atoms with van der Waals surface area (Å²) < 4.78 is 0. The lowest BCUT2D eigenvalue weighted by molar-refractivity contribution is 0.460. The Kier molecular flexibility index (Phi) is 4.63. The third-order valence-corrected chi connectivity index (χ3v) is 6.47. The molecule has 4 aromatic rings. The van der Waals surface area contributed by atoms with Crippen LogP contribution in [0.2, 0.25) is 0 Å². The monoisotopic (exact) mass is 383 g/mol. The van der Waals surface area contributed by atoms with Crippen LogP contribution in [0.3, 0.4) is 0 Å². The predicted molar refractivity (Wildman–Crippen MR) is 123 cm³/mol. The third-order valence-electron chi connectivity index (χ3n) is 6.47. The van der Waals surface area contributed by atoms with Crippen molar-refractivity contribution in [1.82, 2.24) is 15.3 Å². The van der Waals surface area contributed by atoms with Gasteiger partial charge < -0.3 is 10.3 Å². The Labute approximate surface area is 172 Å². The van der Waals surface area contributed by atoms with Gasteiger partial charge in [0.05, 0.1) is 11.2 Å². The van der Waals surface area contributed by atoms with Crippen LogP contribution in [0.15, 0.2) is 48.7 Å². The number of pyridine rings is 1. The molecule has 3 nitrogen and oxygen atoms in total. The first-order valence-corrected chi connectivity index (χ1v) is 10.8. The van der Waals surface area contributed by atoms with Crippen LogP contribution in [0.1, 0.15) is 55.2 Å². The van der Waals surface area contributed by atoms with Crippen molar-refractivity contribution in [3.63, 3.8) is 0 Å². The number of hydrogen-bond acceptors (Lipinski definition) is 2. The molecule has 0 radical (unpaired) electrons. The molecule has 2 N–H and O–H groups in total. The molecule has 5 rings (SSSR count). The first kappa shape index (κ1) is 18.4. The van der Waals surface area contributed by atoms with Crippen LogP contribution in [-0.4, -0.2) is 23.1 Å². The maximum absolute atomic E-state index is 4.53. The van der Waals surface area contributed by atoms with Gasteiger partial charge in [-0.3, -0.25) is 4.98 Å². The fraction of sp³-hybridized carbons (Fsp3) is 0.346. The zero-order valence-electron chi connectivity index (χ0n) is 17.5. The molecular weight excluding hydrogens is 354 g/mol. The van der Waals surface area contributed by atoms with Crippen LogP contribution in [0.25, 0.3) is 33.1 Å². The second-order valence-corrected chi connectivity index (χ2v) is 8.76. The van der Waals surface area contributed by atoms with Gasteiger partial charge in [-0.25, -0.2) is 0 Å². The van der Waals surface area contributed by atoms with E-state index in [0.717, 1.165) is 18.6 Å². The van der Waals surface area contributed by atoms with Crippen LogP contribution in [0.5, 0.6) is 0 Å². The van der Waals surface area contributed by atoms with E-state index >= 15 is 0 Å². The highest BCUT2D eigenvalue weighted by Crippen LogP contribution is 2.39. The van der Waals surface area contributed by atoms with Gasteiger partial charge in [0.1, 0.15) is 0 Å². The molecule has 2 aromatic heterocycles. The van der Waals surface area contributed by atoms with Crippen molar-refractivity contribution >= 4 is 21.8 Å². The van der Waals surface area contributed by atoms with Gasteiger partial charge in [0.15, 0.2) is 0 Å². The van der Waals surface area contributed by atoms with Crippen molar-refractivity contribution < 1.29 is 0 Å². The second kappa shape index (κ2) is 7.31. The minimum atomic E-state index is 0.450. The molecule has 2 aromatic carbocycles. The molecule has 1 fully saturated rings. The Morgan fingerprint density at radius 2 is 1.86 bits per heavy atom. The number of nitrogens with zero attached hydrogens (tertiary/aromatic N) is 1. The lowest BCUT2D eigenvalue weighted by atomic mass is 9.88. The van der Waals surface area contributed by atoms with Gasteiger partial charge in [-0.05, 0) is 91.7 Å². The van der Waals surface area contributed by atoms with Crippen molar-refractivity contribution in [1.29, 1.82) is 0 Å². The summed E-state index contributed by atoms with van der Waals surface area (Å²) in [6.45, 7) is 9.06. The average molecular weight is 384 g/mol. The van der Waals surface area contributed by atoms with E-state index in [4.69, 9.17) is 0 Å². The van der Waals surface area contributed by atoms with Crippen molar-refractivity contribution in [2.24, 2.45) is 0 Å². The summed E-state index contributed by atoms with van der Waals surface area (Å²) in [5.41, 5.74) is 9.04. The van der Waals surface area contributed by atoms with Crippen molar-refractivity contribution in [2.45, 2.75) is 45.4 Å². The highest BCUT2D eigenvalue weighted by atomic mass is 14.9. The molecule has 0 aliphatic carbocycles. The molecule has 3 heterocycles. The normalized spacial score (nSPS) is 15.6. The summed E-state index contributed by atoms with van der Waals surface area (Å²) in [5, 5.41) is 6.06. The van der Waals surface area contributed by atoms with Crippen molar-refractivity contribution in [2.75, 3.05) is 13.1 Å². The molecular formula is C26H29N3. The molecule has 0 atom stereocenters. The van der Waals surface area contributed by atoms with E-state index in [-0.39, 0.29) is 0 Å². The number of aryl methyl sites for hydroxylation is 1. The van der Waals surface area contributed by atoms with Crippen molar-refractivity contribution in [3.05, 3.63) is 65.4 Å². The number of hydrogen-bond donors (Lipinski definition) is 2. The van der Waals surface area contributed by atoms with Gasteiger partial charge >= 0.3 is 0 Å². The van der Waals surface area contributed by atoms with Gasteiger partial charge in [0.25, 0.3) is 0 Å². The Morgan fingerprint density at radius 3 is 2.66 bits per heavy atom. The highest BCUT2D eigenvalue weighted by Gasteiger charge is 2.21. The molecule has 148 valence electrons. The standard InChI is InChI=1S/C26H29N3/c1-16(2)25-22-14-19(18-8-11-27-12-9-18)6-7-23(22)29-26(25)21-15-20-5-4-10-28-24(20)13-17(21)3/h4-7,10,13-16,18,27,29H,8-9,11-12H2,1-3H3. The maximum atomic E-state index is 4.53. The van der Waals surface area contributed by atoms with Crippen LogP contribution in [-0.2, 0) is 0 Å². The first-order chi connectivity index (χ1) is 14.1. The fourth-order valence-electron chi connectivity index (χ4n) is 4.95. The molecule has 1 aliphatic rings. The van der Waals surface area contributed by atoms with Gasteiger partial charge in [0.2, 0.25) is 0 Å². The summed E-state index contributed by atoms with van der Waals surface area (Å²) in [4.78, 5) is 8.29. The summed E-state index contributed by atoms with van der Waals surface area (Å²) in [5.74, 6) is 1.12. The topological polar surface area (TPSA) is 40.7 Å². The van der Waals surface area contributed by atoms with Crippen molar-refractivity contribution in [3.8, 4) is 11.3 Å². The number of rotatable bonds is 3. The number of H-pyrrole nitrogens is 1. The quantitative estimate of drug-likeness (QED) is 0.437. The molecule has 3 heteroatoms. The zero-order valence-corrected chi connectivity index (χ0v) is 17.5. The second-order valence-electron chi connectivity index (χ2n) is 8.76. The predicted octanol–water partition coefficient (Wildman–Crippen LogP) is 6.28. The summed E-state index contributed by atoms with van der Waals surface area (Å²) in [6.07, 6.45) is 4.33. The molecule has 29 heavy (non-hydrogen) atoms. The minimum Gasteiger partial charge on any atom is -0.354 e. The zero-order chi connectivity index (χ0) is 20.0. The molecule has 0 spiro atoms. The van der Waals surface area contributed by atoms with E-state index in [1.54, 1.807) is 0 Å². The van der Waals surface area contributed by atoms with Crippen LogP contribution in [0, 0.1) is 6.92 Å². The Hall–Kier alpha value is -2.65.